The van der Waals surface area contributed by atoms with E-state index in [0.29, 0.717) is 29.6 Å². The van der Waals surface area contributed by atoms with E-state index in [1.165, 1.54) is 17.5 Å². The van der Waals surface area contributed by atoms with Crippen molar-refractivity contribution < 1.29 is 13.2 Å². The third kappa shape index (κ3) is 2.91. The first-order chi connectivity index (χ1) is 9.40. The van der Waals surface area contributed by atoms with Crippen LogP contribution in [0.4, 0.5) is 0 Å². The van der Waals surface area contributed by atoms with E-state index in [4.69, 9.17) is 27.9 Å². The fourth-order valence-corrected chi connectivity index (χ4v) is 4.70. The average molecular weight is 338 g/mol. The fourth-order valence-electron chi connectivity index (χ4n) is 2.40. The van der Waals surface area contributed by atoms with E-state index in [0.717, 1.165) is 6.42 Å². The molecule has 0 saturated carbocycles. The minimum atomic E-state index is -3.60. The second kappa shape index (κ2) is 6.10. The van der Waals surface area contributed by atoms with Crippen molar-refractivity contribution in [2.75, 3.05) is 20.2 Å². The fraction of sp³-hybridized carbons (Fsp3) is 0.538. The molecule has 1 aromatic carbocycles. The van der Waals surface area contributed by atoms with E-state index >= 15 is 0 Å². The molecule has 20 heavy (non-hydrogen) atoms. The third-order valence-corrected chi connectivity index (χ3v) is 5.83. The topological polar surface area (TPSA) is 46.6 Å². The second-order valence-electron chi connectivity index (χ2n) is 4.99. The van der Waals surface area contributed by atoms with Gasteiger partial charge in [-0.05, 0) is 24.5 Å². The number of ether oxygens (including phenoxy) is 1. The molecule has 0 aromatic heterocycles. The van der Waals surface area contributed by atoms with Crippen molar-refractivity contribution in [3.63, 3.8) is 0 Å². The highest BCUT2D eigenvalue weighted by atomic mass is 35.5. The number of nitrogens with zero attached hydrogens (tertiary/aromatic N) is 1. The highest BCUT2D eigenvalue weighted by molar-refractivity contribution is 7.89. The molecular weight excluding hydrogens is 321 g/mol. The predicted octanol–water partition coefficient (Wildman–Crippen LogP) is 3.12. The molecule has 0 radical (unpaired) electrons. The van der Waals surface area contributed by atoms with Gasteiger partial charge < -0.3 is 4.74 Å². The first-order valence-electron chi connectivity index (χ1n) is 6.32. The number of hydrogen-bond acceptors (Lipinski definition) is 3. The van der Waals surface area contributed by atoms with Crippen molar-refractivity contribution in [2.24, 2.45) is 5.92 Å². The molecule has 1 atom stereocenters. The summed E-state index contributed by atoms with van der Waals surface area (Å²) in [6.07, 6.45) is 0.866. The van der Waals surface area contributed by atoms with Crippen molar-refractivity contribution in [1.82, 2.24) is 4.31 Å². The van der Waals surface area contributed by atoms with Crippen LogP contribution in [0, 0.1) is 5.92 Å². The number of alkyl halides is 1. The summed E-state index contributed by atoms with van der Waals surface area (Å²) in [5.74, 6) is 0.786. The molecule has 1 aliphatic heterocycles. The minimum Gasteiger partial charge on any atom is -0.495 e. The lowest BCUT2D eigenvalue weighted by atomic mass is 10.2. The lowest BCUT2D eigenvalue weighted by Gasteiger charge is -2.19. The molecule has 1 aromatic rings. The molecule has 7 heteroatoms. The van der Waals surface area contributed by atoms with Crippen molar-refractivity contribution in [1.29, 1.82) is 0 Å². The third-order valence-electron chi connectivity index (χ3n) is 3.45. The molecule has 1 heterocycles. The number of methoxy groups -OCH3 is 1. The minimum absolute atomic E-state index is 0.0947. The highest BCUT2D eigenvalue weighted by Crippen LogP contribution is 2.36. The Bertz CT molecular complexity index is 604. The monoisotopic (exact) mass is 337 g/mol. The summed E-state index contributed by atoms with van der Waals surface area (Å²) in [6, 6.07) is 3.05. The van der Waals surface area contributed by atoms with E-state index in [-0.39, 0.29) is 16.5 Å². The van der Waals surface area contributed by atoms with E-state index in [9.17, 15) is 8.42 Å². The summed E-state index contributed by atoms with van der Waals surface area (Å²) in [5.41, 5.74) is 0.576. The van der Waals surface area contributed by atoms with E-state index in [1.807, 2.05) is 6.92 Å². The second-order valence-corrected chi connectivity index (χ2v) is 7.60. The lowest BCUT2D eigenvalue weighted by molar-refractivity contribution is 0.394. The number of halogens is 2. The summed E-state index contributed by atoms with van der Waals surface area (Å²) in [7, 11) is -2.17. The van der Waals surface area contributed by atoms with Gasteiger partial charge in [0.15, 0.2) is 0 Å². The van der Waals surface area contributed by atoms with Gasteiger partial charge >= 0.3 is 0 Å². The zero-order valence-corrected chi connectivity index (χ0v) is 13.7. The summed E-state index contributed by atoms with van der Waals surface area (Å²) in [4.78, 5) is 0.0947. The predicted molar refractivity (Wildman–Crippen MR) is 80.1 cm³/mol. The first kappa shape index (κ1) is 15.9. The standard InChI is InChI=1S/C13H17Cl2NO3S/c1-9-3-4-16(8-9)20(17,18)12-6-11(15)5-10(7-14)13(12)19-2/h5-6,9H,3-4,7-8H2,1-2H3. The van der Waals surface area contributed by atoms with Gasteiger partial charge in [-0.15, -0.1) is 11.6 Å². The van der Waals surface area contributed by atoms with Crippen LogP contribution in [0.25, 0.3) is 0 Å². The molecule has 1 unspecified atom stereocenters. The molecule has 1 aliphatic rings. The van der Waals surface area contributed by atoms with Crippen LogP contribution < -0.4 is 4.74 Å². The number of hydrogen-bond donors (Lipinski definition) is 0. The van der Waals surface area contributed by atoms with Crippen molar-refractivity contribution in [2.45, 2.75) is 24.1 Å². The van der Waals surface area contributed by atoms with Gasteiger partial charge in [-0.2, -0.15) is 4.31 Å². The molecule has 2 rings (SSSR count). The van der Waals surface area contributed by atoms with Crippen molar-refractivity contribution in [3.05, 3.63) is 22.7 Å². The van der Waals surface area contributed by atoms with Gasteiger partial charge in [-0.1, -0.05) is 18.5 Å². The Morgan fingerprint density at radius 3 is 2.65 bits per heavy atom. The Hall–Kier alpha value is -0.490. The van der Waals surface area contributed by atoms with Gasteiger partial charge in [-0.25, -0.2) is 8.42 Å². The Morgan fingerprint density at radius 2 is 2.15 bits per heavy atom. The molecule has 0 spiro atoms. The van der Waals surface area contributed by atoms with Gasteiger partial charge in [0, 0.05) is 23.7 Å². The maximum Gasteiger partial charge on any atom is 0.246 e. The largest absolute Gasteiger partial charge is 0.495 e. The smallest absolute Gasteiger partial charge is 0.246 e. The van der Waals surface area contributed by atoms with Crippen LogP contribution >= 0.6 is 23.2 Å². The normalized spacial score (nSPS) is 20.3. The maximum absolute atomic E-state index is 12.7. The van der Waals surface area contributed by atoms with Crippen LogP contribution in [0.5, 0.6) is 5.75 Å². The van der Waals surface area contributed by atoms with Gasteiger partial charge in [0.05, 0.1) is 13.0 Å². The molecule has 1 saturated heterocycles. The van der Waals surface area contributed by atoms with Crippen LogP contribution in [0.1, 0.15) is 18.9 Å². The molecule has 0 amide bonds. The number of benzene rings is 1. The van der Waals surface area contributed by atoms with E-state index in [2.05, 4.69) is 0 Å². The molecule has 0 N–H and O–H groups in total. The molecule has 0 aliphatic carbocycles. The van der Waals surface area contributed by atoms with Crippen molar-refractivity contribution in [3.8, 4) is 5.75 Å². The number of sulfonamides is 1. The average Bonchev–Trinajstić information content (AvgIpc) is 2.85. The molecule has 4 nitrogen and oxygen atoms in total. The van der Waals surface area contributed by atoms with Crippen LogP contribution in [-0.4, -0.2) is 32.9 Å². The van der Waals surface area contributed by atoms with Crippen LogP contribution in [-0.2, 0) is 15.9 Å². The van der Waals surface area contributed by atoms with Crippen molar-refractivity contribution >= 4 is 33.2 Å². The quantitative estimate of drug-likeness (QED) is 0.793. The zero-order valence-electron chi connectivity index (χ0n) is 11.4. The molecule has 0 bridgehead atoms. The molecule has 1 fully saturated rings. The summed E-state index contributed by atoms with van der Waals surface area (Å²) < 4.78 is 32.2. The Balaban J connectivity index is 2.53. The van der Waals surface area contributed by atoms with Crippen LogP contribution in [0.3, 0.4) is 0 Å². The van der Waals surface area contributed by atoms with Gasteiger partial charge in [0.2, 0.25) is 10.0 Å². The summed E-state index contributed by atoms with van der Waals surface area (Å²) in [5, 5.41) is 0.340. The van der Waals surface area contributed by atoms with Crippen LogP contribution in [0.15, 0.2) is 17.0 Å². The van der Waals surface area contributed by atoms with Gasteiger partial charge in [-0.3, -0.25) is 0 Å². The van der Waals surface area contributed by atoms with E-state index in [1.54, 1.807) is 6.07 Å². The first-order valence-corrected chi connectivity index (χ1v) is 8.68. The molecule has 112 valence electrons. The highest BCUT2D eigenvalue weighted by Gasteiger charge is 2.33. The van der Waals surface area contributed by atoms with Crippen LogP contribution in [0.2, 0.25) is 5.02 Å². The Kier molecular flexibility index (Phi) is 4.84. The van der Waals surface area contributed by atoms with Gasteiger partial charge in [0.1, 0.15) is 10.6 Å². The summed E-state index contributed by atoms with van der Waals surface area (Å²) >= 11 is 11.8. The SMILES string of the molecule is COc1c(CCl)cc(Cl)cc1S(=O)(=O)N1CCC(C)C1. The van der Waals surface area contributed by atoms with E-state index < -0.39 is 10.0 Å². The summed E-state index contributed by atoms with van der Waals surface area (Å²) in [6.45, 7) is 3.08. The maximum atomic E-state index is 12.7. The zero-order chi connectivity index (χ0) is 14.9. The molecular formula is C13H17Cl2NO3S. The Labute approximate surface area is 129 Å². The number of rotatable bonds is 4. The Morgan fingerprint density at radius 1 is 1.45 bits per heavy atom. The lowest BCUT2D eigenvalue weighted by Crippen LogP contribution is -2.29. The van der Waals surface area contributed by atoms with Gasteiger partial charge in [0.25, 0.3) is 0 Å².